The fourth-order valence-electron chi connectivity index (χ4n) is 3.07. The first-order chi connectivity index (χ1) is 11.7. The van der Waals surface area contributed by atoms with Gasteiger partial charge in [-0.3, -0.25) is 4.79 Å². The van der Waals surface area contributed by atoms with Crippen LogP contribution in [0.2, 0.25) is 0 Å². The Morgan fingerprint density at radius 2 is 2.04 bits per heavy atom. The molecule has 2 aromatic carbocycles. The van der Waals surface area contributed by atoms with Crippen molar-refractivity contribution in [1.29, 1.82) is 0 Å². The van der Waals surface area contributed by atoms with Crippen LogP contribution in [0.4, 0.5) is 0 Å². The lowest BCUT2D eigenvalue weighted by Crippen LogP contribution is -2.47. The van der Waals surface area contributed by atoms with E-state index >= 15 is 0 Å². The maximum absolute atomic E-state index is 12.8. The van der Waals surface area contributed by atoms with E-state index in [2.05, 4.69) is 5.16 Å². The van der Waals surface area contributed by atoms with E-state index in [0.717, 1.165) is 16.5 Å². The number of amides is 1. The molecule has 0 saturated carbocycles. The van der Waals surface area contributed by atoms with Crippen molar-refractivity contribution in [2.75, 3.05) is 19.8 Å². The topological polar surface area (TPSA) is 55.6 Å². The lowest BCUT2D eigenvalue weighted by atomic mass is 10.1. The Balaban J connectivity index is 1.74. The minimum atomic E-state index is 0.0212. The van der Waals surface area contributed by atoms with Gasteiger partial charge in [-0.25, -0.2) is 0 Å². The number of rotatable bonds is 2. The number of ether oxygens (including phenoxy) is 1. The molecular formula is C19H18N2O3. The average Bonchev–Trinajstić information content (AvgIpc) is 3.05. The number of morpholine rings is 1. The van der Waals surface area contributed by atoms with Crippen LogP contribution in [0.1, 0.15) is 17.3 Å². The molecule has 0 unspecified atom stereocenters. The molecule has 122 valence electrons. The summed E-state index contributed by atoms with van der Waals surface area (Å²) >= 11 is 0. The molecule has 1 aliphatic heterocycles. The fraction of sp³-hybridized carbons (Fsp3) is 0.263. The zero-order valence-electron chi connectivity index (χ0n) is 13.4. The first kappa shape index (κ1) is 14.9. The van der Waals surface area contributed by atoms with Crippen LogP contribution in [-0.4, -0.2) is 41.8 Å². The Kier molecular flexibility index (Phi) is 3.78. The molecule has 0 spiro atoms. The quantitative estimate of drug-likeness (QED) is 0.726. The van der Waals surface area contributed by atoms with Gasteiger partial charge >= 0.3 is 0 Å². The predicted molar refractivity (Wildman–Crippen MR) is 90.8 cm³/mol. The Morgan fingerprint density at radius 1 is 1.21 bits per heavy atom. The van der Waals surface area contributed by atoms with E-state index in [9.17, 15) is 4.79 Å². The zero-order valence-corrected chi connectivity index (χ0v) is 13.4. The number of carbonyl (C=O) groups excluding carboxylic acids is 1. The molecule has 1 aromatic heterocycles. The third-order valence-corrected chi connectivity index (χ3v) is 4.39. The molecule has 0 bridgehead atoms. The smallest absolute Gasteiger partial charge is 0.254 e. The highest BCUT2D eigenvalue weighted by Crippen LogP contribution is 2.29. The van der Waals surface area contributed by atoms with Crippen molar-refractivity contribution in [3.8, 4) is 11.3 Å². The van der Waals surface area contributed by atoms with Crippen LogP contribution in [-0.2, 0) is 4.74 Å². The van der Waals surface area contributed by atoms with E-state index in [1.165, 1.54) is 0 Å². The molecule has 0 aliphatic carbocycles. The Hall–Kier alpha value is -2.66. The molecule has 0 radical (unpaired) electrons. The van der Waals surface area contributed by atoms with E-state index < -0.39 is 0 Å². The van der Waals surface area contributed by atoms with Gasteiger partial charge in [0, 0.05) is 17.7 Å². The summed E-state index contributed by atoms with van der Waals surface area (Å²) in [4.78, 5) is 14.7. The minimum absolute atomic E-state index is 0.0212. The summed E-state index contributed by atoms with van der Waals surface area (Å²) in [6, 6.07) is 15.4. The summed E-state index contributed by atoms with van der Waals surface area (Å²) in [5.41, 5.74) is 2.35. The SMILES string of the molecule is C[C@H]1COCCN1C(=O)c1ccc2noc(-c3ccccc3)c2c1. The molecule has 5 nitrogen and oxygen atoms in total. The summed E-state index contributed by atoms with van der Waals surface area (Å²) in [5.74, 6) is 0.711. The van der Waals surface area contributed by atoms with Gasteiger partial charge in [0.05, 0.1) is 24.6 Å². The Bertz CT molecular complexity index is 873. The predicted octanol–water partition coefficient (Wildman–Crippen LogP) is 3.36. The van der Waals surface area contributed by atoms with E-state index in [0.29, 0.717) is 31.1 Å². The van der Waals surface area contributed by atoms with Crippen LogP contribution in [0.3, 0.4) is 0 Å². The molecule has 5 heteroatoms. The Labute approximate surface area is 139 Å². The summed E-state index contributed by atoms with van der Waals surface area (Å²) in [5, 5.41) is 4.96. The zero-order chi connectivity index (χ0) is 16.5. The number of hydrogen-bond donors (Lipinski definition) is 0. The molecule has 24 heavy (non-hydrogen) atoms. The molecule has 1 saturated heterocycles. The van der Waals surface area contributed by atoms with Gasteiger partial charge in [-0.1, -0.05) is 35.5 Å². The number of nitrogens with zero attached hydrogens (tertiary/aromatic N) is 2. The van der Waals surface area contributed by atoms with Crippen molar-refractivity contribution < 1.29 is 14.1 Å². The molecule has 2 heterocycles. The second-order valence-electron chi connectivity index (χ2n) is 6.03. The maximum atomic E-state index is 12.8. The van der Waals surface area contributed by atoms with Crippen LogP contribution < -0.4 is 0 Å². The maximum Gasteiger partial charge on any atom is 0.254 e. The monoisotopic (exact) mass is 322 g/mol. The van der Waals surface area contributed by atoms with E-state index in [1.807, 2.05) is 60.4 Å². The van der Waals surface area contributed by atoms with Crippen LogP contribution in [0.15, 0.2) is 53.1 Å². The lowest BCUT2D eigenvalue weighted by Gasteiger charge is -2.33. The van der Waals surface area contributed by atoms with Crippen molar-refractivity contribution in [1.82, 2.24) is 10.1 Å². The van der Waals surface area contributed by atoms with E-state index in [-0.39, 0.29) is 11.9 Å². The van der Waals surface area contributed by atoms with Crippen LogP contribution in [0.25, 0.3) is 22.2 Å². The molecule has 0 N–H and O–H groups in total. The van der Waals surface area contributed by atoms with Crippen LogP contribution in [0.5, 0.6) is 0 Å². The second-order valence-corrected chi connectivity index (χ2v) is 6.03. The minimum Gasteiger partial charge on any atom is -0.377 e. The largest absolute Gasteiger partial charge is 0.377 e. The van der Waals surface area contributed by atoms with Gasteiger partial charge in [-0.2, -0.15) is 0 Å². The number of hydrogen-bond acceptors (Lipinski definition) is 4. The normalized spacial score (nSPS) is 18.0. The van der Waals surface area contributed by atoms with Crippen molar-refractivity contribution in [2.45, 2.75) is 13.0 Å². The third-order valence-electron chi connectivity index (χ3n) is 4.39. The molecule has 1 amide bonds. The number of fused-ring (bicyclic) bond motifs is 1. The van der Waals surface area contributed by atoms with E-state index in [4.69, 9.17) is 9.26 Å². The van der Waals surface area contributed by atoms with Gasteiger partial charge in [0.15, 0.2) is 5.76 Å². The average molecular weight is 322 g/mol. The van der Waals surface area contributed by atoms with Crippen LogP contribution in [0, 0.1) is 0 Å². The van der Waals surface area contributed by atoms with Crippen molar-refractivity contribution in [2.24, 2.45) is 0 Å². The van der Waals surface area contributed by atoms with Gasteiger partial charge in [0.2, 0.25) is 0 Å². The van der Waals surface area contributed by atoms with Gasteiger partial charge in [-0.05, 0) is 25.1 Å². The number of aromatic nitrogens is 1. The summed E-state index contributed by atoms with van der Waals surface area (Å²) in [6.07, 6.45) is 0. The molecule has 4 rings (SSSR count). The van der Waals surface area contributed by atoms with Gasteiger partial charge in [0.25, 0.3) is 5.91 Å². The molecule has 1 fully saturated rings. The standard InChI is InChI=1S/C19H18N2O3/c1-13-12-23-10-9-21(13)19(22)15-7-8-17-16(11-15)18(24-20-17)14-5-3-2-4-6-14/h2-8,11,13H,9-10,12H2,1H3/t13-/m0/s1. The van der Waals surface area contributed by atoms with Gasteiger partial charge in [0.1, 0.15) is 5.52 Å². The van der Waals surface area contributed by atoms with Crippen molar-refractivity contribution in [3.63, 3.8) is 0 Å². The highest BCUT2D eigenvalue weighted by atomic mass is 16.5. The summed E-state index contributed by atoms with van der Waals surface area (Å²) in [6.45, 7) is 3.79. The molecule has 1 atom stereocenters. The van der Waals surface area contributed by atoms with Gasteiger partial charge in [-0.15, -0.1) is 0 Å². The second kappa shape index (κ2) is 6.09. The highest BCUT2D eigenvalue weighted by molar-refractivity contribution is 6.01. The Morgan fingerprint density at radius 3 is 2.83 bits per heavy atom. The fourth-order valence-corrected chi connectivity index (χ4v) is 3.07. The summed E-state index contributed by atoms with van der Waals surface area (Å²) < 4.78 is 10.9. The van der Waals surface area contributed by atoms with Crippen LogP contribution >= 0.6 is 0 Å². The number of benzene rings is 2. The van der Waals surface area contributed by atoms with Gasteiger partial charge < -0.3 is 14.2 Å². The first-order valence-electron chi connectivity index (χ1n) is 8.07. The number of carbonyl (C=O) groups is 1. The summed E-state index contributed by atoms with van der Waals surface area (Å²) in [7, 11) is 0. The molecule has 3 aromatic rings. The molecule has 1 aliphatic rings. The molecular weight excluding hydrogens is 304 g/mol. The van der Waals surface area contributed by atoms with Crippen molar-refractivity contribution in [3.05, 3.63) is 54.1 Å². The van der Waals surface area contributed by atoms with Crippen molar-refractivity contribution >= 4 is 16.8 Å². The third kappa shape index (κ3) is 2.57. The van der Waals surface area contributed by atoms with E-state index in [1.54, 1.807) is 0 Å². The first-order valence-corrected chi connectivity index (χ1v) is 8.07. The highest BCUT2D eigenvalue weighted by Gasteiger charge is 2.25. The lowest BCUT2D eigenvalue weighted by molar-refractivity contribution is 0.00360.